The van der Waals surface area contributed by atoms with Gasteiger partial charge in [0.25, 0.3) is 0 Å². The molecule has 0 radical (unpaired) electrons. The van der Waals surface area contributed by atoms with E-state index in [1.54, 1.807) is 30.6 Å². The van der Waals surface area contributed by atoms with E-state index in [9.17, 15) is 24.6 Å². The Morgan fingerprint density at radius 1 is 1.32 bits per heavy atom. The van der Waals surface area contributed by atoms with Gasteiger partial charge in [-0.15, -0.1) is 23.1 Å². The Hall–Kier alpha value is -3.35. The summed E-state index contributed by atoms with van der Waals surface area (Å²) in [6, 6.07) is 6.13. The van der Waals surface area contributed by atoms with Crippen LogP contribution in [0.25, 0.3) is 10.4 Å². The zero-order chi connectivity index (χ0) is 27.4. The average molecular weight is 558 g/mol. The lowest BCUT2D eigenvalue weighted by Crippen LogP contribution is -2.66. The van der Waals surface area contributed by atoms with Crippen molar-refractivity contribution in [3.8, 4) is 5.75 Å². The summed E-state index contributed by atoms with van der Waals surface area (Å²) in [4.78, 5) is 45.7. The highest BCUT2D eigenvalue weighted by molar-refractivity contribution is 7.98. The molecule has 1 fully saturated rings. The summed E-state index contributed by atoms with van der Waals surface area (Å²) in [5.74, 6) is -2.60. The predicted octanol–water partition coefficient (Wildman–Crippen LogP) is 3.40. The number of ether oxygens (including phenoxy) is 2. The van der Waals surface area contributed by atoms with Crippen LogP contribution in [0.1, 0.15) is 35.5 Å². The summed E-state index contributed by atoms with van der Waals surface area (Å²) in [7, 11) is 1.47. The van der Waals surface area contributed by atoms with Gasteiger partial charge in [-0.2, -0.15) is 0 Å². The van der Waals surface area contributed by atoms with Crippen molar-refractivity contribution in [1.82, 2.24) is 14.3 Å². The van der Waals surface area contributed by atoms with Gasteiger partial charge in [0.15, 0.2) is 0 Å². The fourth-order valence-corrected chi connectivity index (χ4v) is 7.57. The van der Waals surface area contributed by atoms with E-state index in [0.717, 1.165) is 9.86 Å². The minimum Gasteiger partial charge on any atom is -0.496 e. The number of β-lactam (4-membered cyclic amide) rings is 1. The van der Waals surface area contributed by atoms with Gasteiger partial charge in [-0.05, 0) is 31.7 Å². The molecule has 1 aromatic carbocycles. The standard InChI is InChI=1S/C26H27N3O7S2/c1-13(30)17-20-26(2,9-10-36-25(34)14-7-5-6-8-15(14)35-3)18(19(24(32)33)29(20)22(17)31)16-11-28-12-27-21(37-4)23(28)38-16/h5-8,11-13,17,20,30H,9-10H2,1-4H3,(H,32,33)/t13?,17-,20-,26+/m1/s1. The van der Waals surface area contributed by atoms with Crippen molar-refractivity contribution in [2.24, 2.45) is 11.3 Å². The van der Waals surface area contributed by atoms with E-state index in [0.29, 0.717) is 16.2 Å². The van der Waals surface area contributed by atoms with Crippen LogP contribution in [0.2, 0.25) is 0 Å². The van der Waals surface area contributed by atoms with E-state index in [1.165, 1.54) is 42.0 Å². The van der Waals surface area contributed by atoms with E-state index in [1.807, 2.05) is 23.8 Å². The van der Waals surface area contributed by atoms with Crippen molar-refractivity contribution in [1.29, 1.82) is 0 Å². The number of carboxylic acids is 1. The van der Waals surface area contributed by atoms with Gasteiger partial charge in [0.05, 0.1) is 36.7 Å². The highest BCUT2D eigenvalue weighted by Gasteiger charge is 2.66. The first-order valence-corrected chi connectivity index (χ1v) is 14.0. The van der Waals surface area contributed by atoms with Crippen molar-refractivity contribution < 1.29 is 34.1 Å². The van der Waals surface area contributed by atoms with Crippen LogP contribution >= 0.6 is 23.1 Å². The van der Waals surface area contributed by atoms with Crippen LogP contribution in [-0.4, -0.2) is 74.5 Å². The lowest BCUT2D eigenvalue weighted by atomic mass is 9.65. The third-order valence-electron chi connectivity index (χ3n) is 7.37. The molecule has 2 aromatic heterocycles. The first-order valence-electron chi connectivity index (χ1n) is 11.9. The van der Waals surface area contributed by atoms with Gasteiger partial charge >= 0.3 is 11.9 Å². The molecule has 2 N–H and O–H groups in total. The van der Waals surface area contributed by atoms with Crippen molar-refractivity contribution in [2.75, 3.05) is 20.0 Å². The molecule has 0 spiro atoms. The number of thiazole rings is 1. The Morgan fingerprint density at radius 2 is 2.05 bits per heavy atom. The molecule has 4 heterocycles. The van der Waals surface area contributed by atoms with Crippen molar-refractivity contribution in [3.05, 3.63) is 52.9 Å². The van der Waals surface area contributed by atoms with Gasteiger partial charge in [0, 0.05) is 17.2 Å². The molecule has 12 heteroatoms. The zero-order valence-electron chi connectivity index (χ0n) is 21.2. The molecule has 200 valence electrons. The number of methoxy groups -OCH3 is 1. The second-order valence-corrected chi connectivity index (χ2v) is 11.3. The number of fused-ring (bicyclic) bond motifs is 2. The Labute approximate surface area is 226 Å². The van der Waals surface area contributed by atoms with Gasteiger partial charge in [0.1, 0.15) is 33.2 Å². The van der Waals surface area contributed by atoms with E-state index in [-0.39, 0.29) is 24.3 Å². The molecule has 1 unspecified atom stereocenters. The number of rotatable bonds is 9. The van der Waals surface area contributed by atoms with Gasteiger partial charge in [-0.1, -0.05) is 19.1 Å². The third-order valence-corrected chi connectivity index (χ3v) is 9.31. The molecule has 2 aliphatic rings. The van der Waals surface area contributed by atoms with Crippen molar-refractivity contribution in [3.63, 3.8) is 0 Å². The number of para-hydroxylation sites is 1. The van der Waals surface area contributed by atoms with Crippen molar-refractivity contribution >= 4 is 51.3 Å². The highest BCUT2D eigenvalue weighted by atomic mass is 32.2. The summed E-state index contributed by atoms with van der Waals surface area (Å²) < 4.78 is 12.7. The van der Waals surface area contributed by atoms with E-state index in [4.69, 9.17) is 9.47 Å². The number of esters is 1. The topological polar surface area (TPSA) is 131 Å². The number of carboxylic acid groups (broad SMARTS) is 1. The molecule has 3 aromatic rings. The molecule has 10 nitrogen and oxygen atoms in total. The second-order valence-electron chi connectivity index (χ2n) is 9.51. The number of aliphatic carboxylic acids is 1. The minimum absolute atomic E-state index is 0.0310. The summed E-state index contributed by atoms with van der Waals surface area (Å²) in [5.41, 5.74) is -0.249. The molecule has 0 aliphatic carbocycles. The fourth-order valence-electron chi connectivity index (χ4n) is 5.61. The number of thioether (sulfide) groups is 1. The SMILES string of the molecule is COc1ccccc1C(=O)OCC[C@@]1(C)C(c2cn3cnc(SC)c3s2)=C(C(=O)O)N2C(=O)[C@H](C(C)O)[C@@H]21. The number of hydrogen-bond donors (Lipinski definition) is 2. The summed E-state index contributed by atoms with van der Waals surface area (Å²) in [6.07, 6.45) is 4.66. The number of aliphatic hydroxyl groups excluding tert-OH is 1. The van der Waals surface area contributed by atoms with Crippen LogP contribution in [0.15, 0.2) is 47.5 Å². The lowest BCUT2D eigenvalue weighted by molar-refractivity contribution is -0.167. The lowest BCUT2D eigenvalue weighted by Gasteiger charge is -2.50. The molecule has 1 amide bonds. The molecule has 38 heavy (non-hydrogen) atoms. The van der Waals surface area contributed by atoms with Crippen LogP contribution in [0, 0.1) is 11.3 Å². The molecule has 0 saturated carbocycles. The maximum atomic E-state index is 13.1. The van der Waals surface area contributed by atoms with Crippen LogP contribution in [0.4, 0.5) is 0 Å². The predicted molar refractivity (Wildman–Crippen MR) is 141 cm³/mol. The number of aliphatic hydroxyl groups is 1. The van der Waals surface area contributed by atoms with Crippen LogP contribution < -0.4 is 4.74 Å². The maximum Gasteiger partial charge on any atom is 0.352 e. The summed E-state index contributed by atoms with van der Waals surface area (Å²) in [6.45, 7) is 3.38. The molecular formula is C26H27N3O7S2. The number of benzene rings is 1. The molecule has 0 bridgehead atoms. The van der Waals surface area contributed by atoms with Gasteiger partial charge in [-0.3, -0.25) is 9.20 Å². The molecule has 4 atom stereocenters. The van der Waals surface area contributed by atoms with Gasteiger partial charge in [0.2, 0.25) is 5.91 Å². The molecule has 1 saturated heterocycles. The number of carbonyl (C=O) groups is 3. The second kappa shape index (κ2) is 9.75. The molecule has 5 rings (SSSR count). The van der Waals surface area contributed by atoms with Gasteiger partial charge < -0.3 is 24.6 Å². The summed E-state index contributed by atoms with van der Waals surface area (Å²) >= 11 is 2.88. The first-order chi connectivity index (χ1) is 18.1. The number of amides is 1. The molecular weight excluding hydrogens is 530 g/mol. The van der Waals surface area contributed by atoms with E-state index < -0.39 is 41.3 Å². The minimum atomic E-state index is -1.22. The summed E-state index contributed by atoms with van der Waals surface area (Å²) in [5, 5.41) is 21.5. The first kappa shape index (κ1) is 26.3. The van der Waals surface area contributed by atoms with Crippen LogP contribution in [0.5, 0.6) is 5.75 Å². The average Bonchev–Trinajstić information content (AvgIpc) is 3.52. The number of nitrogens with zero attached hydrogens (tertiary/aromatic N) is 3. The van der Waals surface area contributed by atoms with Gasteiger partial charge in [-0.25, -0.2) is 14.6 Å². The number of hydrogen-bond acceptors (Lipinski definition) is 9. The van der Waals surface area contributed by atoms with Crippen LogP contribution in [-0.2, 0) is 14.3 Å². The fraction of sp³-hybridized carbons (Fsp3) is 0.385. The Bertz CT molecular complexity index is 1480. The quantitative estimate of drug-likeness (QED) is 0.231. The largest absolute Gasteiger partial charge is 0.496 e. The molecule has 2 aliphatic heterocycles. The Balaban J connectivity index is 1.54. The van der Waals surface area contributed by atoms with Crippen LogP contribution in [0.3, 0.4) is 0 Å². The van der Waals surface area contributed by atoms with E-state index >= 15 is 0 Å². The zero-order valence-corrected chi connectivity index (χ0v) is 22.8. The highest BCUT2D eigenvalue weighted by Crippen LogP contribution is 2.60. The Morgan fingerprint density at radius 3 is 2.71 bits per heavy atom. The van der Waals surface area contributed by atoms with E-state index in [2.05, 4.69) is 4.98 Å². The van der Waals surface area contributed by atoms with Crippen molar-refractivity contribution in [2.45, 2.75) is 37.4 Å². The number of imidazole rings is 1. The Kier molecular flexibility index (Phi) is 6.74. The number of carbonyl (C=O) groups excluding carboxylic acids is 2. The number of aromatic nitrogens is 2. The third kappa shape index (κ3) is 3.89. The smallest absolute Gasteiger partial charge is 0.352 e. The normalized spacial score (nSPS) is 23.4. The maximum absolute atomic E-state index is 13.1. The monoisotopic (exact) mass is 557 g/mol.